The first-order valence-electron chi connectivity index (χ1n) is 5.70. The molecule has 0 aliphatic rings. The molecule has 0 aromatic carbocycles. The van der Waals surface area contributed by atoms with Gasteiger partial charge in [-0.2, -0.15) is 0 Å². The van der Waals surface area contributed by atoms with Crippen LogP contribution in [0.3, 0.4) is 0 Å². The van der Waals surface area contributed by atoms with E-state index in [-0.39, 0.29) is 5.91 Å². The Balaban J connectivity index is 2.47. The minimum absolute atomic E-state index is 0.170. The first-order valence-corrected chi connectivity index (χ1v) is 5.70. The van der Waals surface area contributed by atoms with Crippen LogP contribution in [0.5, 0.6) is 0 Å². The molecule has 4 nitrogen and oxygen atoms in total. The fourth-order valence-electron chi connectivity index (χ4n) is 1.52. The summed E-state index contributed by atoms with van der Waals surface area (Å²) in [6, 6.07) is 4.11. The summed E-state index contributed by atoms with van der Waals surface area (Å²) in [6.07, 6.45) is 2.58. The van der Waals surface area contributed by atoms with Gasteiger partial charge in [0.25, 0.3) is 0 Å². The van der Waals surface area contributed by atoms with E-state index < -0.39 is 0 Å². The molecular formula is C12H21N3O. The molecule has 1 aromatic heterocycles. The molecule has 0 saturated heterocycles. The smallest absolute Gasteiger partial charge is 0.223 e. The van der Waals surface area contributed by atoms with Crippen LogP contribution in [0, 0.1) is 0 Å². The van der Waals surface area contributed by atoms with E-state index in [0.29, 0.717) is 6.42 Å². The molecule has 0 spiro atoms. The van der Waals surface area contributed by atoms with Gasteiger partial charge in [-0.1, -0.05) is 6.92 Å². The lowest BCUT2D eigenvalue weighted by Gasteiger charge is -2.12. The van der Waals surface area contributed by atoms with Crippen LogP contribution in [0.1, 0.15) is 19.0 Å². The van der Waals surface area contributed by atoms with Gasteiger partial charge in [-0.15, -0.1) is 0 Å². The molecule has 0 aliphatic carbocycles. The fourth-order valence-corrected chi connectivity index (χ4v) is 1.52. The van der Waals surface area contributed by atoms with Crippen molar-refractivity contribution in [3.8, 4) is 0 Å². The third-order valence-corrected chi connectivity index (χ3v) is 2.55. The summed E-state index contributed by atoms with van der Waals surface area (Å²) in [5, 5.41) is 3.29. The second-order valence-electron chi connectivity index (χ2n) is 4.01. The summed E-state index contributed by atoms with van der Waals surface area (Å²) in [5.41, 5.74) is 1.23. The van der Waals surface area contributed by atoms with E-state index in [2.05, 4.69) is 22.9 Å². The minimum Gasteiger partial charge on any atom is -0.350 e. The molecule has 1 aromatic rings. The Morgan fingerprint density at radius 2 is 2.25 bits per heavy atom. The number of nitrogens with zero attached hydrogens (tertiary/aromatic N) is 2. The van der Waals surface area contributed by atoms with Gasteiger partial charge in [-0.05, 0) is 18.7 Å². The highest BCUT2D eigenvalue weighted by Gasteiger charge is 2.05. The van der Waals surface area contributed by atoms with E-state index in [4.69, 9.17) is 0 Å². The Hall–Kier alpha value is -1.29. The van der Waals surface area contributed by atoms with E-state index in [1.165, 1.54) is 5.69 Å². The van der Waals surface area contributed by atoms with Crippen LogP contribution in [-0.4, -0.2) is 36.0 Å². The maximum atomic E-state index is 11.5. The van der Waals surface area contributed by atoms with Gasteiger partial charge >= 0.3 is 0 Å². The van der Waals surface area contributed by atoms with Gasteiger partial charge in [-0.25, -0.2) is 0 Å². The van der Waals surface area contributed by atoms with Crippen molar-refractivity contribution in [1.29, 1.82) is 0 Å². The van der Waals surface area contributed by atoms with Crippen molar-refractivity contribution < 1.29 is 4.79 Å². The standard InChI is InChI=1S/C12H21N3O/c1-4-13-10-11-6-5-8-15(11)9-7-12(16)14(2)3/h5-6,8,13H,4,7,9-10H2,1-3H3. The zero-order valence-electron chi connectivity index (χ0n) is 10.4. The van der Waals surface area contributed by atoms with E-state index in [1.807, 2.05) is 12.3 Å². The summed E-state index contributed by atoms with van der Waals surface area (Å²) >= 11 is 0. The van der Waals surface area contributed by atoms with E-state index in [1.54, 1.807) is 19.0 Å². The predicted molar refractivity (Wildman–Crippen MR) is 65.1 cm³/mol. The van der Waals surface area contributed by atoms with Crippen LogP contribution in [0.15, 0.2) is 18.3 Å². The number of rotatable bonds is 6. The van der Waals surface area contributed by atoms with Gasteiger partial charge < -0.3 is 14.8 Å². The largest absolute Gasteiger partial charge is 0.350 e. The number of hydrogen-bond acceptors (Lipinski definition) is 2. The van der Waals surface area contributed by atoms with Crippen molar-refractivity contribution in [2.75, 3.05) is 20.6 Å². The van der Waals surface area contributed by atoms with Crippen LogP contribution < -0.4 is 5.32 Å². The number of carbonyl (C=O) groups is 1. The maximum Gasteiger partial charge on any atom is 0.223 e. The number of aromatic nitrogens is 1. The molecule has 1 heterocycles. The average Bonchev–Trinajstić information content (AvgIpc) is 2.70. The lowest BCUT2D eigenvalue weighted by molar-refractivity contribution is -0.128. The summed E-state index contributed by atoms with van der Waals surface area (Å²) < 4.78 is 2.13. The van der Waals surface area contributed by atoms with Crippen molar-refractivity contribution >= 4 is 5.91 Å². The Bertz CT molecular complexity index is 331. The van der Waals surface area contributed by atoms with Crippen LogP contribution >= 0.6 is 0 Å². The minimum atomic E-state index is 0.170. The van der Waals surface area contributed by atoms with Crippen LogP contribution in [0.4, 0.5) is 0 Å². The van der Waals surface area contributed by atoms with Crippen molar-refractivity contribution in [1.82, 2.24) is 14.8 Å². The van der Waals surface area contributed by atoms with E-state index >= 15 is 0 Å². The molecule has 1 amide bonds. The SMILES string of the molecule is CCNCc1cccn1CCC(=O)N(C)C. The Morgan fingerprint density at radius 1 is 1.50 bits per heavy atom. The van der Waals surface area contributed by atoms with E-state index in [0.717, 1.165) is 19.6 Å². The molecule has 0 aliphatic heterocycles. The van der Waals surface area contributed by atoms with Crippen molar-refractivity contribution in [2.24, 2.45) is 0 Å². The summed E-state index contributed by atoms with van der Waals surface area (Å²) in [4.78, 5) is 13.1. The second kappa shape index (κ2) is 6.33. The van der Waals surface area contributed by atoms with Crippen molar-refractivity contribution in [3.05, 3.63) is 24.0 Å². The average molecular weight is 223 g/mol. The molecule has 90 valence electrons. The Kier molecular flexibility index (Phi) is 5.05. The molecule has 0 unspecified atom stereocenters. The summed E-state index contributed by atoms with van der Waals surface area (Å²) in [5.74, 6) is 0.170. The van der Waals surface area contributed by atoms with Crippen LogP contribution in [-0.2, 0) is 17.9 Å². The number of carbonyl (C=O) groups excluding carboxylic acids is 1. The quantitative estimate of drug-likeness (QED) is 0.783. The third-order valence-electron chi connectivity index (χ3n) is 2.55. The van der Waals surface area contributed by atoms with Crippen molar-refractivity contribution in [2.45, 2.75) is 26.4 Å². The molecule has 0 radical (unpaired) electrons. The van der Waals surface area contributed by atoms with Gasteiger partial charge in [0.15, 0.2) is 0 Å². The number of aryl methyl sites for hydroxylation is 1. The Labute approximate surface area is 97.2 Å². The Morgan fingerprint density at radius 3 is 2.88 bits per heavy atom. The van der Waals surface area contributed by atoms with Crippen LogP contribution in [0.2, 0.25) is 0 Å². The zero-order valence-corrected chi connectivity index (χ0v) is 10.4. The summed E-state index contributed by atoms with van der Waals surface area (Å²) in [7, 11) is 3.58. The van der Waals surface area contributed by atoms with Crippen LogP contribution in [0.25, 0.3) is 0 Å². The highest BCUT2D eigenvalue weighted by molar-refractivity contribution is 5.75. The number of amides is 1. The molecule has 1 rings (SSSR count). The molecule has 0 saturated carbocycles. The van der Waals surface area contributed by atoms with Crippen molar-refractivity contribution in [3.63, 3.8) is 0 Å². The molecule has 16 heavy (non-hydrogen) atoms. The molecule has 0 fully saturated rings. The lowest BCUT2D eigenvalue weighted by Crippen LogP contribution is -2.23. The third kappa shape index (κ3) is 3.70. The topological polar surface area (TPSA) is 37.3 Å². The summed E-state index contributed by atoms with van der Waals surface area (Å²) in [6.45, 7) is 4.66. The zero-order chi connectivity index (χ0) is 12.0. The maximum absolute atomic E-state index is 11.5. The molecular weight excluding hydrogens is 202 g/mol. The number of hydrogen-bond donors (Lipinski definition) is 1. The first-order chi connectivity index (χ1) is 7.65. The highest BCUT2D eigenvalue weighted by atomic mass is 16.2. The van der Waals surface area contributed by atoms with Gasteiger partial charge in [0, 0.05) is 45.5 Å². The fraction of sp³-hybridized carbons (Fsp3) is 0.583. The van der Waals surface area contributed by atoms with E-state index in [9.17, 15) is 4.79 Å². The normalized spacial score (nSPS) is 10.4. The lowest BCUT2D eigenvalue weighted by atomic mass is 10.3. The van der Waals surface area contributed by atoms with Gasteiger partial charge in [-0.3, -0.25) is 4.79 Å². The highest BCUT2D eigenvalue weighted by Crippen LogP contribution is 2.04. The number of nitrogens with one attached hydrogen (secondary N) is 1. The van der Waals surface area contributed by atoms with Gasteiger partial charge in [0.05, 0.1) is 0 Å². The molecule has 1 N–H and O–H groups in total. The predicted octanol–water partition coefficient (Wildman–Crippen LogP) is 1.08. The first kappa shape index (κ1) is 12.8. The molecule has 0 atom stereocenters. The molecule has 0 bridgehead atoms. The second-order valence-corrected chi connectivity index (χ2v) is 4.01. The van der Waals surface area contributed by atoms with Gasteiger partial charge in [0.1, 0.15) is 0 Å². The van der Waals surface area contributed by atoms with Gasteiger partial charge in [0.2, 0.25) is 5.91 Å². The molecule has 4 heteroatoms. The monoisotopic (exact) mass is 223 g/mol.